The van der Waals surface area contributed by atoms with Gasteiger partial charge >= 0.3 is 0 Å². The Morgan fingerprint density at radius 1 is 1.39 bits per heavy atom. The lowest BCUT2D eigenvalue weighted by Gasteiger charge is -2.13. The van der Waals surface area contributed by atoms with Crippen LogP contribution in [0.2, 0.25) is 0 Å². The molecule has 0 atom stereocenters. The smallest absolute Gasteiger partial charge is 0.166 e. The Balaban J connectivity index is 2.17. The highest BCUT2D eigenvalue weighted by Gasteiger charge is 2.10. The van der Waals surface area contributed by atoms with Gasteiger partial charge in [-0.1, -0.05) is 17.3 Å². The number of nitrogens with two attached hydrogens (primary N) is 1. The molecule has 2 rings (SSSR count). The molecule has 1 heterocycles. The van der Waals surface area contributed by atoms with Crippen LogP contribution in [0, 0.1) is 6.92 Å². The highest BCUT2D eigenvalue weighted by molar-refractivity contribution is 5.46. The predicted molar refractivity (Wildman–Crippen MR) is 66.5 cm³/mol. The van der Waals surface area contributed by atoms with Crippen molar-refractivity contribution >= 4 is 0 Å². The third-order valence-electron chi connectivity index (χ3n) is 2.54. The molecule has 0 aliphatic carbocycles. The SMILES string of the molecule is COc1cccc(CN)c1OCc1cc(C)on1. The first-order chi connectivity index (χ1) is 8.74. The molecule has 96 valence electrons. The zero-order valence-electron chi connectivity index (χ0n) is 10.5. The lowest BCUT2D eigenvalue weighted by molar-refractivity contribution is 0.268. The number of para-hydroxylation sites is 1. The zero-order chi connectivity index (χ0) is 13.0. The van der Waals surface area contributed by atoms with Gasteiger partial charge in [0.1, 0.15) is 18.1 Å². The fraction of sp³-hybridized carbons (Fsp3) is 0.308. The molecular weight excluding hydrogens is 232 g/mol. The molecule has 0 amide bonds. The van der Waals surface area contributed by atoms with Gasteiger partial charge < -0.3 is 19.7 Å². The van der Waals surface area contributed by atoms with Crippen LogP contribution in [-0.2, 0) is 13.2 Å². The number of aromatic nitrogens is 1. The van der Waals surface area contributed by atoms with Gasteiger partial charge in [0.2, 0.25) is 0 Å². The molecule has 18 heavy (non-hydrogen) atoms. The van der Waals surface area contributed by atoms with Crippen molar-refractivity contribution in [1.29, 1.82) is 0 Å². The highest BCUT2D eigenvalue weighted by atomic mass is 16.5. The number of hydrogen-bond acceptors (Lipinski definition) is 5. The lowest BCUT2D eigenvalue weighted by atomic mass is 10.2. The minimum atomic E-state index is 0.324. The Bertz CT molecular complexity index is 500. The molecule has 0 fully saturated rings. The van der Waals surface area contributed by atoms with Gasteiger partial charge in [-0.3, -0.25) is 0 Å². The van der Waals surface area contributed by atoms with Gasteiger partial charge in [-0.15, -0.1) is 0 Å². The molecule has 2 N–H and O–H groups in total. The maximum Gasteiger partial charge on any atom is 0.166 e. The van der Waals surface area contributed by atoms with E-state index < -0.39 is 0 Å². The Labute approximate surface area is 105 Å². The van der Waals surface area contributed by atoms with E-state index >= 15 is 0 Å². The number of rotatable bonds is 5. The molecule has 0 saturated carbocycles. The topological polar surface area (TPSA) is 70.5 Å². The summed E-state index contributed by atoms with van der Waals surface area (Å²) in [4.78, 5) is 0. The summed E-state index contributed by atoms with van der Waals surface area (Å²) in [6.45, 7) is 2.56. The molecule has 5 nitrogen and oxygen atoms in total. The largest absolute Gasteiger partial charge is 0.493 e. The van der Waals surface area contributed by atoms with Crippen LogP contribution in [-0.4, -0.2) is 12.3 Å². The van der Waals surface area contributed by atoms with Crippen molar-refractivity contribution in [2.24, 2.45) is 5.73 Å². The van der Waals surface area contributed by atoms with Gasteiger partial charge in [-0.05, 0) is 13.0 Å². The minimum Gasteiger partial charge on any atom is -0.493 e. The van der Waals surface area contributed by atoms with Gasteiger partial charge in [0.05, 0.1) is 7.11 Å². The molecule has 0 unspecified atom stereocenters. The average molecular weight is 248 g/mol. The van der Waals surface area contributed by atoms with E-state index in [0.29, 0.717) is 24.7 Å². The van der Waals surface area contributed by atoms with Crippen molar-refractivity contribution in [2.75, 3.05) is 7.11 Å². The van der Waals surface area contributed by atoms with E-state index in [1.54, 1.807) is 7.11 Å². The maximum atomic E-state index is 5.72. The first-order valence-corrected chi connectivity index (χ1v) is 5.65. The van der Waals surface area contributed by atoms with Gasteiger partial charge in [-0.25, -0.2) is 0 Å². The predicted octanol–water partition coefficient (Wildman–Crippen LogP) is 2.03. The third-order valence-corrected chi connectivity index (χ3v) is 2.54. The van der Waals surface area contributed by atoms with Crippen molar-refractivity contribution in [3.05, 3.63) is 41.3 Å². The summed E-state index contributed by atoms with van der Waals surface area (Å²) in [6, 6.07) is 7.46. The standard InChI is InChI=1S/C13H16N2O3/c1-9-6-11(15-18-9)8-17-13-10(7-14)4-3-5-12(13)16-2/h3-6H,7-8,14H2,1-2H3. The van der Waals surface area contributed by atoms with Crippen LogP contribution in [0.4, 0.5) is 0 Å². The second kappa shape index (κ2) is 5.55. The van der Waals surface area contributed by atoms with Gasteiger partial charge in [-0.2, -0.15) is 0 Å². The van der Waals surface area contributed by atoms with Crippen LogP contribution in [0.15, 0.2) is 28.8 Å². The second-order valence-electron chi connectivity index (χ2n) is 3.87. The monoisotopic (exact) mass is 248 g/mol. The molecule has 0 spiro atoms. The van der Waals surface area contributed by atoms with E-state index in [4.69, 9.17) is 19.7 Å². The Kier molecular flexibility index (Phi) is 3.84. The van der Waals surface area contributed by atoms with E-state index in [2.05, 4.69) is 5.16 Å². The van der Waals surface area contributed by atoms with Crippen LogP contribution in [0.25, 0.3) is 0 Å². The Hall–Kier alpha value is -2.01. The number of ether oxygens (including phenoxy) is 2. The van der Waals surface area contributed by atoms with Crippen LogP contribution in [0.5, 0.6) is 11.5 Å². The second-order valence-corrected chi connectivity index (χ2v) is 3.87. The summed E-state index contributed by atoms with van der Waals surface area (Å²) < 4.78 is 16.0. The minimum absolute atomic E-state index is 0.324. The molecule has 0 saturated heterocycles. The summed E-state index contributed by atoms with van der Waals surface area (Å²) in [5, 5.41) is 3.87. The fourth-order valence-corrected chi connectivity index (χ4v) is 1.68. The normalized spacial score (nSPS) is 10.4. The van der Waals surface area contributed by atoms with Crippen LogP contribution in [0.1, 0.15) is 17.0 Å². The summed E-state index contributed by atoms with van der Waals surface area (Å²) in [5.74, 6) is 2.08. The van der Waals surface area contributed by atoms with E-state index in [-0.39, 0.29) is 0 Å². The highest BCUT2D eigenvalue weighted by Crippen LogP contribution is 2.31. The molecule has 1 aromatic carbocycles. The number of nitrogens with zero attached hydrogens (tertiary/aromatic N) is 1. The molecule has 1 aromatic heterocycles. The molecule has 5 heteroatoms. The van der Waals surface area contributed by atoms with Gasteiger partial charge in [0, 0.05) is 18.2 Å². The summed E-state index contributed by atoms with van der Waals surface area (Å²) in [6.07, 6.45) is 0. The van der Waals surface area contributed by atoms with Gasteiger partial charge in [0.25, 0.3) is 0 Å². The first kappa shape index (κ1) is 12.4. The zero-order valence-corrected chi connectivity index (χ0v) is 10.5. The van der Waals surface area contributed by atoms with Crippen LogP contribution < -0.4 is 15.2 Å². The molecule has 0 bridgehead atoms. The van der Waals surface area contributed by atoms with E-state index in [0.717, 1.165) is 17.0 Å². The number of benzene rings is 1. The fourth-order valence-electron chi connectivity index (χ4n) is 1.68. The Morgan fingerprint density at radius 3 is 2.83 bits per heavy atom. The van der Waals surface area contributed by atoms with Crippen LogP contribution >= 0.6 is 0 Å². The summed E-state index contributed by atoms with van der Waals surface area (Å²) in [7, 11) is 1.60. The Morgan fingerprint density at radius 2 is 2.22 bits per heavy atom. The molecule has 2 aromatic rings. The van der Waals surface area contributed by atoms with Gasteiger partial charge in [0.15, 0.2) is 11.5 Å². The van der Waals surface area contributed by atoms with Crippen molar-refractivity contribution in [1.82, 2.24) is 5.16 Å². The summed E-state index contributed by atoms with van der Waals surface area (Å²) >= 11 is 0. The lowest BCUT2D eigenvalue weighted by Crippen LogP contribution is -2.04. The van der Waals surface area contributed by atoms with E-state index in [9.17, 15) is 0 Å². The first-order valence-electron chi connectivity index (χ1n) is 5.65. The summed E-state index contributed by atoms with van der Waals surface area (Å²) in [5.41, 5.74) is 7.31. The van der Waals surface area contributed by atoms with Crippen molar-refractivity contribution in [3.63, 3.8) is 0 Å². The number of hydrogen-bond donors (Lipinski definition) is 1. The van der Waals surface area contributed by atoms with Crippen LogP contribution in [0.3, 0.4) is 0 Å². The van der Waals surface area contributed by atoms with Crippen molar-refractivity contribution in [2.45, 2.75) is 20.1 Å². The number of aryl methyl sites for hydroxylation is 1. The molecule has 0 aliphatic rings. The van der Waals surface area contributed by atoms with E-state index in [1.165, 1.54) is 0 Å². The average Bonchev–Trinajstić information content (AvgIpc) is 2.81. The number of methoxy groups -OCH3 is 1. The van der Waals surface area contributed by atoms with Crippen molar-refractivity contribution < 1.29 is 14.0 Å². The molecule has 0 radical (unpaired) electrons. The van der Waals surface area contributed by atoms with Crippen molar-refractivity contribution in [3.8, 4) is 11.5 Å². The molecule has 0 aliphatic heterocycles. The molecular formula is C13H16N2O3. The quantitative estimate of drug-likeness (QED) is 0.876. The maximum absolute atomic E-state index is 5.72. The van der Waals surface area contributed by atoms with E-state index in [1.807, 2.05) is 31.2 Å². The third kappa shape index (κ3) is 2.62.